The maximum Gasteiger partial charge on any atom is 0.170 e. The molecule has 0 unspecified atom stereocenters. The van der Waals surface area contributed by atoms with Crippen LogP contribution in [0, 0.1) is 11.7 Å². The third kappa shape index (κ3) is 3.68. The van der Waals surface area contributed by atoms with E-state index in [1.54, 1.807) is 6.07 Å². The van der Waals surface area contributed by atoms with Crippen molar-refractivity contribution >= 4 is 10.9 Å². The van der Waals surface area contributed by atoms with Crippen molar-refractivity contribution in [2.24, 2.45) is 5.92 Å². The normalized spacial score (nSPS) is 15.5. The first-order valence-corrected chi connectivity index (χ1v) is 11.1. The minimum Gasteiger partial charge on any atom is -0.484 e. The molecule has 3 aromatic carbocycles. The number of halogens is 1. The fraction of sp³-hybridized carbons (Fsp3) is 0.280. The Hall–Kier alpha value is -2.26. The molecule has 3 heteroatoms. The van der Waals surface area contributed by atoms with Gasteiger partial charge in [0, 0.05) is 6.07 Å². The van der Waals surface area contributed by atoms with Gasteiger partial charge in [0.25, 0.3) is 0 Å². The largest absolute Gasteiger partial charge is 0.484 e. The Morgan fingerprint density at radius 1 is 0.821 bits per heavy atom. The molecular weight excluding hydrogens is 367 g/mol. The van der Waals surface area contributed by atoms with Gasteiger partial charge in [-0.2, -0.15) is 0 Å². The van der Waals surface area contributed by atoms with Crippen LogP contribution in [0.4, 0.5) is 4.39 Å². The van der Waals surface area contributed by atoms with Crippen molar-refractivity contribution in [2.45, 2.75) is 53.4 Å². The minimum atomic E-state index is -0.303. The first-order chi connectivity index (χ1) is 13.6. The van der Waals surface area contributed by atoms with E-state index >= 15 is 0 Å². The van der Waals surface area contributed by atoms with Crippen molar-refractivity contribution in [3.8, 4) is 5.75 Å². The highest BCUT2D eigenvalue weighted by Crippen LogP contribution is 2.43. The van der Waals surface area contributed by atoms with E-state index in [-0.39, 0.29) is 22.3 Å². The third-order valence-corrected chi connectivity index (χ3v) is 7.87. The molecule has 0 heterocycles. The number of benzene rings is 3. The quantitative estimate of drug-likeness (QED) is 0.415. The summed E-state index contributed by atoms with van der Waals surface area (Å²) < 4.78 is 21.0. The maximum atomic E-state index is 14.7. The van der Waals surface area contributed by atoms with Gasteiger partial charge in [-0.15, -0.1) is 0 Å². The van der Waals surface area contributed by atoms with Crippen molar-refractivity contribution in [1.82, 2.24) is 0 Å². The summed E-state index contributed by atoms with van der Waals surface area (Å²) in [7, 11) is -0.303. The van der Waals surface area contributed by atoms with E-state index in [0.29, 0.717) is 11.7 Å². The molecule has 0 amide bonds. The summed E-state index contributed by atoms with van der Waals surface area (Å²) in [6.07, 6.45) is 3.15. The first kappa shape index (κ1) is 19.1. The van der Waals surface area contributed by atoms with Gasteiger partial charge in [-0.1, -0.05) is 50.2 Å². The molecule has 0 spiro atoms. The van der Waals surface area contributed by atoms with Gasteiger partial charge in [-0.3, -0.25) is 0 Å². The van der Waals surface area contributed by atoms with Crippen LogP contribution in [0.3, 0.4) is 0 Å². The highest BCUT2D eigenvalue weighted by molar-refractivity contribution is 7.97. The predicted octanol–water partition coefficient (Wildman–Crippen LogP) is 6.88. The maximum absolute atomic E-state index is 14.7. The number of ether oxygens (including phenoxy) is 1. The zero-order chi connectivity index (χ0) is 19.6. The Bertz CT molecular complexity index is 880. The highest BCUT2D eigenvalue weighted by atomic mass is 32.2. The second-order valence-corrected chi connectivity index (χ2v) is 9.73. The number of hydrogen-bond acceptors (Lipinski definition) is 1. The minimum absolute atomic E-state index is 0.225. The molecule has 144 valence electrons. The molecule has 0 N–H and O–H groups in total. The third-order valence-electron chi connectivity index (χ3n) is 5.66. The van der Waals surface area contributed by atoms with Crippen molar-refractivity contribution in [3.63, 3.8) is 0 Å². The second kappa shape index (κ2) is 8.00. The van der Waals surface area contributed by atoms with Crippen LogP contribution in [0.1, 0.15) is 33.1 Å². The standard InChI is InChI=1S/C25H26FOS/c1-19(2)25(16-9-17-25)27-24-18-22(14-15-23(24)26)28(20-10-5-3-6-11-20)21-12-7-4-8-13-21/h3-8,10-15,18-19H,9,16-17H2,1-2H3/q+1. The Kier molecular flexibility index (Phi) is 5.45. The topological polar surface area (TPSA) is 9.23 Å². The number of hydrogen-bond donors (Lipinski definition) is 0. The molecule has 0 saturated heterocycles. The molecule has 0 bridgehead atoms. The zero-order valence-corrected chi connectivity index (χ0v) is 17.2. The lowest BCUT2D eigenvalue weighted by Gasteiger charge is -2.45. The Balaban J connectivity index is 1.75. The molecule has 1 aliphatic rings. The smallest absolute Gasteiger partial charge is 0.170 e. The number of rotatable bonds is 6. The van der Waals surface area contributed by atoms with E-state index in [1.165, 1.54) is 9.79 Å². The second-order valence-electron chi connectivity index (χ2n) is 7.70. The lowest BCUT2D eigenvalue weighted by atomic mass is 9.72. The highest BCUT2D eigenvalue weighted by Gasteiger charge is 2.43. The van der Waals surface area contributed by atoms with E-state index < -0.39 is 0 Å². The summed E-state index contributed by atoms with van der Waals surface area (Å²) >= 11 is 0. The van der Waals surface area contributed by atoms with Crippen LogP contribution in [0.25, 0.3) is 0 Å². The lowest BCUT2D eigenvalue weighted by Crippen LogP contribution is -2.48. The van der Waals surface area contributed by atoms with Gasteiger partial charge in [0.05, 0.1) is 10.9 Å². The van der Waals surface area contributed by atoms with E-state index in [9.17, 15) is 4.39 Å². The van der Waals surface area contributed by atoms with Crippen LogP contribution < -0.4 is 4.74 Å². The zero-order valence-electron chi connectivity index (χ0n) is 16.4. The summed E-state index contributed by atoms with van der Waals surface area (Å²) in [4.78, 5) is 3.51. The van der Waals surface area contributed by atoms with Crippen LogP contribution in [-0.2, 0) is 10.9 Å². The average molecular weight is 394 g/mol. The fourth-order valence-corrected chi connectivity index (χ4v) is 5.86. The van der Waals surface area contributed by atoms with Gasteiger partial charge in [-0.05, 0) is 61.6 Å². The summed E-state index contributed by atoms with van der Waals surface area (Å²) in [6, 6.07) is 26.2. The van der Waals surface area contributed by atoms with Crippen LogP contribution in [0.15, 0.2) is 93.5 Å². The van der Waals surface area contributed by atoms with Gasteiger partial charge in [0.1, 0.15) is 5.60 Å². The van der Waals surface area contributed by atoms with Crippen LogP contribution >= 0.6 is 0 Å². The molecule has 0 aliphatic heterocycles. The fourth-order valence-electron chi connectivity index (χ4n) is 3.75. The van der Waals surface area contributed by atoms with Gasteiger partial charge in [0.15, 0.2) is 26.3 Å². The first-order valence-electron chi connectivity index (χ1n) is 9.92. The molecule has 0 aromatic heterocycles. The molecule has 1 nitrogen and oxygen atoms in total. The van der Waals surface area contributed by atoms with E-state index in [0.717, 1.165) is 24.2 Å². The predicted molar refractivity (Wildman–Crippen MR) is 113 cm³/mol. The summed E-state index contributed by atoms with van der Waals surface area (Å²) in [5.74, 6) is 0.474. The SMILES string of the molecule is CC(C)C1(Oc2cc([S+](c3ccccc3)c3ccccc3)ccc2F)CCC1. The van der Waals surface area contributed by atoms with Gasteiger partial charge < -0.3 is 4.74 Å². The van der Waals surface area contributed by atoms with Crippen molar-refractivity contribution < 1.29 is 9.13 Å². The summed E-state index contributed by atoms with van der Waals surface area (Å²) in [6.45, 7) is 4.33. The van der Waals surface area contributed by atoms with Crippen molar-refractivity contribution in [1.29, 1.82) is 0 Å². The molecule has 28 heavy (non-hydrogen) atoms. The van der Waals surface area contributed by atoms with E-state index in [2.05, 4.69) is 62.4 Å². The Labute approximate surface area is 169 Å². The molecule has 4 rings (SSSR count). The lowest BCUT2D eigenvalue weighted by molar-refractivity contribution is -0.0501. The average Bonchev–Trinajstić information content (AvgIpc) is 2.68. The Morgan fingerprint density at radius 3 is 1.86 bits per heavy atom. The summed E-state index contributed by atoms with van der Waals surface area (Å²) in [5.41, 5.74) is -0.225. The molecule has 1 saturated carbocycles. The van der Waals surface area contributed by atoms with E-state index in [1.807, 2.05) is 24.3 Å². The van der Waals surface area contributed by atoms with E-state index in [4.69, 9.17) is 4.74 Å². The van der Waals surface area contributed by atoms with Crippen LogP contribution in [0.5, 0.6) is 5.75 Å². The monoisotopic (exact) mass is 393 g/mol. The van der Waals surface area contributed by atoms with Gasteiger partial charge in [-0.25, -0.2) is 4.39 Å². The molecule has 1 aliphatic carbocycles. The van der Waals surface area contributed by atoms with Gasteiger partial charge >= 0.3 is 0 Å². The molecule has 3 aromatic rings. The van der Waals surface area contributed by atoms with Crippen LogP contribution in [-0.4, -0.2) is 5.60 Å². The molecular formula is C25H26FOS+. The molecule has 1 fully saturated rings. The Morgan fingerprint density at radius 2 is 1.39 bits per heavy atom. The van der Waals surface area contributed by atoms with Crippen molar-refractivity contribution in [2.75, 3.05) is 0 Å². The van der Waals surface area contributed by atoms with Crippen LogP contribution in [0.2, 0.25) is 0 Å². The van der Waals surface area contributed by atoms with Crippen molar-refractivity contribution in [3.05, 3.63) is 84.7 Å². The molecule has 0 radical (unpaired) electrons. The van der Waals surface area contributed by atoms with Gasteiger partial charge in [0.2, 0.25) is 0 Å². The molecule has 0 atom stereocenters. The summed E-state index contributed by atoms with van der Waals surface area (Å²) in [5, 5.41) is 0.